The summed E-state index contributed by atoms with van der Waals surface area (Å²) in [7, 11) is 1.66. The summed E-state index contributed by atoms with van der Waals surface area (Å²) in [5, 5.41) is 2.81. The Morgan fingerprint density at radius 3 is 2.56 bits per heavy atom. The minimum Gasteiger partial charge on any atom is -0.384 e. The van der Waals surface area contributed by atoms with Gasteiger partial charge in [0.05, 0.1) is 0 Å². The molecule has 1 aliphatic rings. The van der Waals surface area contributed by atoms with Gasteiger partial charge >= 0.3 is 0 Å². The average molecular weight is 463 g/mol. The van der Waals surface area contributed by atoms with E-state index in [2.05, 4.69) is 17.0 Å². The first-order chi connectivity index (χ1) is 15.6. The maximum Gasteiger partial charge on any atom is 0.207 e. The second-order valence-corrected chi connectivity index (χ2v) is 9.40. The number of methoxy groups -OCH3 is 1. The normalized spacial score (nSPS) is 17.4. The van der Waals surface area contributed by atoms with Crippen LogP contribution in [0.25, 0.3) is 11.1 Å². The highest BCUT2D eigenvalue weighted by Crippen LogP contribution is 2.52. The summed E-state index contributed by atoms with van der Waals surface area (Å²) in [5.74, 6) is -0.127. The highest BCUT2D eigenvalue weighted by atomic mass is 32.2. The number of carbonyl (C=O) groups excluding carboxylic acids is 1. The number of rotatable bonds is 14. The summed E-state index contributed by atoms with van der Waals surface area (Å²) in [5.41, 5.74) is 1.89. The van der Waals surface area contributed by atoms with Crippen LogP contribution < -0.4 is 10.0 Å². The molecule has 0 heterocycles. The third kappa shape index (κ3) is 5.88. The van der Waals surface area contributed by atoms with Crippen LogP contribution in [0, 0.1) is 23.1 Å². The van der Waals surface area contributed by atoms with E-state index in [1.54, 1.807) is 13.2 Å². The Hall–Kier alpha value is -1.96. The molecule has 7 heteroatoms. The predicted molar refractivity (Wildman–Crippen MR) is 126 cm³/mol. The van der Waals surface area contributed by atoms with Gasteiger partial charge < -0.3 is 10.1 Å². The Bertz CT molecular complexity index is 864. The molecule has 0 saturated heterocycles. The van der Waals surface area contributed by atoms with Crippen LogP contribution in [0.4, 0.5) is 8.78 Å². The summed E-state index contributed by atoms with van der Waals surface area (Å²) in [6.45, 7) is 3.12. The molecule has 4 nitrogen and oxygen atoms in total. The lowest BCUT2D eigenvalue weighted by atomic mass is 9.75. The summed E-state index contributed by atoms with van der Waals surface area (Å²) < 4.78 is 37.5. The fourth-order valence-corrected chi connectivity index (χ4v) is 5.32. The van der Waals surface area contributed by atoms with Crippen molar-refractivity contribution < 1.29 is 18.3 Å². The molecule has 0 bridgehead atoms. The number of alkyl halides is 1. The quantitative estimate of drug-likeness (QED) is 0.307. The molecule has 0 aromatic heterocycles. The molecule has 1 aliphatic carbocycles. The van der Waals surface area contributed by atoms with Crippen LogP contribution in [0.2, 0.25) is 0 Å². The summed E-state index contributed by atoms with van der Waals surface area (Å²) in [4.78, 5) is 11.0. The third-order valence-corrected chi connectivity index (χ3v) is 7.09. The monoisotopic (exact) mass is 462 g/mol. The number of amides is 1. The largest absolute Gasteiger partial charge is 0.384 e. The molecule has 3 unspecified atom stereocenters. The highest BCUT2D eigenvalue weighted by molar-refractivity contribution is 7.97. The van der Waals surface area contributed by atoms with Crippen molar-refractivity contribution in [2.45, 2.75) is 32.2 Å². The third-order valence-electron chi connectivity index (χ3n) is 6.56. The fourth-order valence-electron chi connectivity index (χ4n) is 4.66. The van der Waals surface area contributed by atoms with Gasteiger partial charge in [-0.25, -0.2) is 8.78 Å². The standard InChI is InChI=1S/C25H32F2N2O2S/c1-18(14-31-2)22(24(29-32-16-26)25(11-12-25)15-28-17-30)13-20-9-6-10-21(23(20)27)19-7-4-3-5-8-19/h3-10,17-18,22,24,29H,11-16H2,1-2H3,(H,28,30). The van der Waals surface area contributed by atoms with Crippen LogP contribution in [0.15, 0.2) is 48.5 Å². The van der Waals surface area contributed by atoms with Gasteiger partial charge in [-0.1, -0.05) is 55.5 Å². The maximum atomic E-state index is 15.6. The first kappa shape index (κ1) is 24.7. The van der Waals surface area contributed by atoms with Crippen molar-refractivity contribution in [1.82, 2.24) is 10.0 Å². The van der Waals surface area contributed by atoms with Gasteiger partial charge in [-0.05, 0) is 54.2 Å². The van der Waals surface area contributed by atoms with Gasteiger partial charge in [-0.2, -0.15) is 0 Å². The first-order valence-corrected chi connectivity index (χ1v) is 12.0. The molecule has 0 spiro atoms. The van der Waals surface area contributed by atoms with Crippen molar-refractivity contribution >= 4 is 18.4 Å². The molecular formula is C25H32F2N2O2S. The number of carbonyl (C=O) groups is 1. The molecule has 3 rings (SSSR count). The van der Waals surface area contributed by atoms with E-state index in [1.807, 2.05) is 42.5 Å². The minimum absolute atomic E-state index is 0.00882. The molecule has 0 radical (unpaired) electrons. The topological polar surface area (TPSA) is 50.4 Å². The van der Waals surface area contributed by atoms with Crippen molar-refractivity contribution in [3.8, 4) is 11.1 Å². The van der Waals surface area contributed by atoms with Gasteiger partial charge in [0.15, 0.2) is 0 Å². The average Bonchev–Trinajstić information content (AvgIpc) is 3.59. The highest BCUT2D eigenvalue weighted by Gasteiger charge is 2.52. The van der Waals surface area contributed by atoms with E-state index in [0.29, 0.717) is 37.1 Å². The number of ether oxygens (including phenoxy) is 1. The minimum atomic E-state index is -0.559. The Balaban J connectivity index is 1.94. The smallest absolute Gasteiger partial charge is 0.207 e. The van der Waals surface area contributed by atoms with Crippen molar-refractivity contribution in [2.24, 2.45) is 17.3 Å². The van der Waals surface area contributed by atoms with Gasteiger partial charge in [0.2, 0.25) is 6.41 Å². The van der Waals surface area contributed by atoms with Crippen molar-refractivity contribution in [2.75, 3.05) is 26.3 Å². The molecule has 3 atom stereocenters. The van der Waals surface area contributed by atoms with Crippen LogP contribution >= 0.6 is 11.9 Å². The summed E-state index contributed by atoms with van der Waals surface area (Å²) in [6.07, 6.45) is 3.06. The van der Waals surface area contributed by atoms with Crippen molar-refractivity contribution in [3.05, 3.63) is 59.9 Å². The molecular weight excluding hydrogens is 430 g/mol. The number of halogens is 2. The van der Waals surface area contributed by atoms with E-state index in [0.717, 1.165) is 30.4 Å². The van der Waals surface area contributed by atoms with E-state index in [1.165, 1.54) is 0 Å². The molecule has 0 aliphatic heterocycles. The molecule has 32 heavy (non-hydrogen) atoms. The Kier molecular flexibility index (Phi) is 9.08. The van der Waals surface area contributed by atoms with Crippen LogP contribution in [0.3, 0.4) is 0 Å². The summed E-state index contributed by atoms with van der Waals surface area (Å²) >= 11 is 1.03. The zero-order valence-electron chi connectivity index (χ0n) is 18.7. The van der Waals surface area contributed by atoms with Gasteiger partial charge in [-0.3, -0.25) is 9.52 Å². The van der Waals surface area contributed by atoms with Crippen LogP contribution in [-0.4, -0.2) is 38.7 Å². The molecule has 2 aromatic carbocycles. The molecule has 2 aromatic rings. The Morgan fingerprint density at radius 1 is 1.19 bits per heavy atom. The predicted octanol–water partition coefficient (Wildman–Crippen LogP) is 4.99. The molecule has 1 fully saturated rings. The van der Waals surface area contributed by atoms with Crippen LogP contribution in [0.1, 0.15) is 25.3 Å². The van der Waals surface area contributed by atoms with Gasteiger partial charge in [-0.15, -0.1) is 0 Å². The zero-order valence-corrected chi connectivity index (χ0v) is 19.5. The van der Waals surface area contributed by atoms with Crippen LogP contribution in [-0.2, 0) is 16.0 Å². The Labute approximate surface area is 193 Å². The van der Waals surface area contributed by atoms with Gasteiger partial charge in [0.25, 0.3) is 0 Å². The number of nitrogens with one attached hydrogen (secondary N) is 2. The second-order valence-electron chi connectivity index (χ2n) is 8.66. The molecule has 1 saturated carbocycles. The first-order valence-electron chi connectivity index (χ1n) is 11.0. The van der Waals surface area contributed by atoms with E-state index in [-0.39, 0.29) is 29.1 Å². The van der Waals surface area contributed by atoms with E-state index >= 15 is 4.39 Å². The van der Waals surface area contributed by atoms with Crippen molar-refractivity contribution in [1.29, 1.82) is 0 Å². The fraction of sp³-hybridized carbons (Fsp3) is 0.480. The summed E-state index contributed by atoms with van der Waals surface area (Å²) in [6, 6.07) is 14.4. The number of hydrogen-bond acceptors (Lipinski definition) is 4. The molecule has 174 valence electrons. The Morgan fingerprint density at radius 2 is 1.94 bits per heavy atom. The lowest BCUT2D eigenvalue weighted by Crippen LogP contribution is -2.48. The SMILES string of the molecule is COCC(C)C(Cc1cccc(-c2ccccc2)c1F)C(NSCF)C1(CNC=O)CC1. The number of hydrogen-bond donors (Lipinski definition) is 2. The van der Waals surface area contributed by atoms with Crippen LogP contribution in [0.5, 0.6) is 0 Å². The second kappa shape index (κ2) is 11.8. The van der Waals surface area contributed by atoms with E-state index < -0.39 is 6.01 Å². The maximum absolute atomic E-state index is 15.6. The lowest BCUT2D eigenvalue weighted by molar-refractivity contribution is -0.109. The van der Waals surface area contributed by atoms with Gasteiger partial charge in [0, 0.05) is 37.3 Å². The van der Waals surface area contributed by atoms with Gasteiger partial charge in [0.1, 0.15) is 11.8 Å². The van der Waals surface area contributed by atoms with E-state index in [9.17, 15) is 9.18 Å². The molecule has 1 amide bonds. The zero-order chi connectivity index (χ0) is 23.0. The lowest BCUT2D eigenvalue weighted by Gasteiger charge is -2.38. The van der Waals surface area contributed by atoms with Crippen molar-refractivity contribution in [3.63, 3.8) is 0 Å². The number of benzene rings is 2. The van der Waals surface area contributed by atoms with E-state index in [4.69, 9.17) is 4.74 Å². The molecule has 2 N–H and O–H groups in total.